The van der Waals surface area contributed by atoms with Crippen LogP contribution in [0.5, 0.6) is 0 Å². The third-order valence-corrected chi connectivity index (χ3v) is 9.51. The predicted molar refractivity (Wildman–Crippen MR) is 159 cm³/mol. The first-order chi connectivity index (χ1) is 19.6. The van der Waals surface area contributed by atoms with E-state index in [1.165, 1.54) is 0 Å². The van der Waals surface area contributed by atoms with E-state index in [-0.39, 0.29) is 30.4 Å². The molecule has 3 heterocycles. The normalized spacial score (nSPS) is 29.6. The molecular formula is C33H47N3O5. The summed E-state index contributed by atoms with van der Waals surface area (Å²) in [5.74, 6) is -2.18. The van der Waals surface area contributed by atoms with Gasteiger partial charge in [0.15, 0.2) is 0 Å². The van der Waals surface area contributed by atoms with Gasteiger partial charge in [-0.05, 0) is 45.1 Å². The maximum Gasteiger partial charge on any atom is 0.248 e. The van der Waals surface area contributed by atoms with E-state index < -0.39 is 35.1 Å². The van der Waals surface area contributed by atoms with E-state index in [1.807, 2.05) is 51.1 Å². The van der Waals surface area contributed by atoms with E-state index in [0.717, 1.165) is 18.4 Å². The van der Waals surface area contributed by atoms with Crippen LogP contribution in [0.15, 0.2) is 55.6 Å². The second-order valence-electron chi connectivity index (χ2n) is 12.1. The third-order valence-electron chi connectivity index (χ3n) is 9.51. The van der Waals surface area contributed by atoms with Crippen LogP contribution < -0.4 is 0 Å². The molecule has 1 spiro atoms. The molecule has 8 heteroatoms. The summed E-state index contributed by atoms with van der Waals surface area (Å²) in [5.41, 5.74) is -1.03. The number of aliphatic hydroxyl groups is 1. The highest BCUT2D eigenvalue weighted by Crippen LogP contribution is 2.64. The van der Waals surface area contributed by atoms with Crippen molar-refractivity contribution < 1.29 is 24.2 Å². The minimum absolute atomic E-state index is 0.0623. The van der Waals surface area contributed by atoms with Crippen LogP contribution in [-0.2, 0) is 25.7 Å². The quantitative estimate of drug-likeness (QED) is 0.345. The molecule has 4 rings (SSSR count). The fraction of sp³-hybridized carbons (Fsp3) is 0.606. The van der Waals surface area contributed by atoms with Gasteiger partial charge in [0.05, 0.1) is 30.1 Å². The third kappa shape index (κ3) is 5.25. The topological polar surface area (TPSA) is 90.4 Å². The molecule has 2 bridgehead atoms. The van der Waals surface area contributed by atoms with E-state index in [1.54, 1.807) is 26.9 Å². The van der Waals surface area contributed by atoms with Gasteiger partial charge in [0.2, 0.25) is 17.7 Å². The number of rotatable bonds is 14. The van der Waals surface area contributed by atoms with Crippen LogP contribution in [0.1, 0.15) is 65.4 Å². The van der Waals surface area contributed by atoms with Gasteiger partial charge in [-0.3, -0.25) is 14.4 Å². The summed E-state index contributed by atoms with van der Waals surface area (Å²) in [7, 11) is 0. The number of likely N-dealkylation sites (tertiary alicyclic amines) is 1. The maximum absolute atomic E-state index is 14.5. The van der Waals surface area contributed by atoms with Gasteiger partial charge in [-0.25, -0.2) is 0 Å². The van der Waals surface area contributed by atoms with Crippen LogP contribution >= 0.6 is 0 Å². The molecule has 8 nitrogen and oxygen atoms in total. The summed E-state index contributed by atoms with van der Waals surface area (Å²) in [5, 5.41) is 10.4. The molecule has 3 aliphatic rings. The Morgan fingerprint density at radius 3 is 2.41 bits per heavy atom. The molecular weight excluding hydrogens is 518 g/mol. The van der Waals surface area contributed by atoms with Gasteiger partial charge >= 0.3 is 0 Å². The predicted octanol–water partition coefficient (Wildman–Crippen LogP) is 3.94. The number of aliphatic hydroxyl groups excluding tert-OH is 1. The summed E-state index contributed by atoms with van der Waals surface area (Å²) < 4.78 is 6.83. The Labute approximate surface area is 245 Å². The number of hydrogen-bond acceptors (Lipinski definition) is 5. The molecule has 3 fully saturated rings. The zero-order valence-electron chi connectivity index (χ0n) is 25.1. The van der Waals surface area contributed by atoms with Crippen LogP contribution in [0.25, 0.3) is 0 Å². The van der Waals surface area contributed by atoms with Crippen LogP contribution in [0.4, 0.5) is 0 Å². The molecule has 1 N–H and O–H groups in total. The Kier molecular flexibility index (Phi) is 9.44. The molecule has 224 valence electrons. The monoisotopic (exact) mass is 565 g/mol. The fourth-order valence-electron chi connectivity index (χ4n) is 7.57. The molecule has 7 atom stereocenters. The first kappa shape index (κ1) is 31.0. The summed E-state index contributed by atoms with van der Waals surface area (Å²) in [6.45, 7) is 16.5. The summed E-state index contributed by atoms with van der Waals surface area (Å²) in [4.78, 5) is 48.5. The first-order valence-electron chi connectivity index (χ1n) is 15.1. The van der Waals surface area contributed by atoms with Crippen molar-refractivity contribution in [2.24, 2.45) is 11.8 Å². The average Bonchev–Trinajstić information content (AvgIpc) is 3.53. The van der Waals surface area contributed by atoms with Crippen molar-refractivity contribution in [3.63, 3.8) is 0 Å². The van der Waals surface area contributed by atoms with Crippen molar-refractivity contribution >= 4 is 17.7 Å². The lowest BCUT2D eigenvalue weighted by atomic mass is 9.66. The van der Waals surface area contributed by atoms with Gasteiger partial charge in [0, 0.05) is 25.7 Å². The number of carbonyl (C=O) groups is 3. The van der Waals surface area contributed by atoms with Gasteiger partial charge in [-0.1, -0.05) is 62.8 Å². The first-order valence-corrected chi connectivity index (χ1v) is 15.1. The number of nitrogens with zero attached hydrogens (tertiary/aromatic N) is 3. The minimum atomic E-state index is -1.14. The Morgan fingerprint density at radius 2 is 1.83 bits per heavy atom. The largest absolute Gasteiger partial charge is 0.394 e. The molecule has 0 aliphatic carbocycles. The molecule has 0 aromatic heterocycles. The number of benzene rings is 1. The lowest BCUT2D eigenvalue weighted by molar-refractivity contribution is -0.157. The second kappa shape index (κ2) is 12.5. The summed E-state index contributed by atoms with van der Waals surface area (Å²) >= 11 is 0. The standard InChI is InChI=1S/C33H47N3O5/c1-7-14-23(5)35(20-9-3)31(40)28-33-18-17-32(6,41-33)26(27(33)30(39)36(28)25(10-4)22-37)29(38)34(19-8-2)21-24-15-12-11-13-16-24/h8-9,11-13,15-16,23,25-28,37H,2-3,7,10,14,17-22H2,1,4-6H3/t23?,25-,26-,27-,28?,32+,33?/m0/s1. The number of carbonyl (C=O) groups excluding carboxylic acids is 3. The zero-order chi connectivity index (χ0) is 29.9. The number of ether oxygens (including phenoxy) is 1. The van der Waals surface area contributed by atoms with Crippen molar-refractivity contribution in [1.82, 2.24) is 14.7 Å². The van der Waals surface area contributed by atoms with Crippen molar-refractivity contribution in [3.05, 3.63) is 61.2 Å². The van der Waals surface area contributed by atoms with Gasteiger partial charge < -0.3 is 24.5 Å². The van der Waals surface area contributed by atoms with Gasteiger partial charge in [0.25, 0.3) is 0 Å². The highest BCUT2D eigenvalue weighted by Gasteiger charge is 2.78. The molecule has 41 heavy (non-hydrogen) atoms. The Hall–Kier alpha value is -2.97. The molecule has 0 saturated carbocycles. The molecule has 1 aromatic rings. The highest BCUT2D eigenvalue weighted by atomic mass is 16.5. The molecule has 3 aliphatic heterocycles. The van der Waals surface area contributed by atoms with Crippen LogP contribution in [0.2, 0.25) is 0 Å². The second-order valence-corrected chi connectivity index (χ2v) is 12.1. The number of amides is 3. The lowest BCUT2D eigenvalue weighted by Gasteiger charge is -2.41. The molecule has 3 unspecified atom stereocenters. The number of fused-ring (bicyclic) bond motifs is 1. The highest BCUT2D eigenvalue weighted by molar-refractivity contribution is 5.99. The van der Waals surface area contributed by atoms with E-state index in [9.17, 15) is 19.5 Å². The molecule has 0 radical (unpaired) electrons. The van der Waals surface area contributed by atoms with Crippen molar-refractivity contribution in [2.75, 3.05) is 19.7 Å². The van der Waals surface area contributed by atoms with Crippen molar-refractivity contribution in [1.29, 1.82) is 0 Å². The maximum atomic E-state index is 14.5. The Bertz CT molecular complexity index is 1140. The van der Waals surface area contributed by atoms with E-state index in [2.05, 4.69) is 20.1 Å². The van der Waals surface area contributed by atoms with Crippen LogP contribution in [0, 0.1) is 11.8 Å². The van der Waals surface area contributed by atoms with E-state index in [4.69, 9.17) is 4.74 Å². The molecule has 1 aromatic carbocycles. The number of hydrogen-bond donors (Lipinski definition) is 1. The summed E-state index contributed by atoms with van der Waals surface area (Å²) in [6.07, 6.45) is 6.67. The van der Waals surface area contributed by atoms with Gasteiger partial charge in [-0.2, -0.15) is 0 Å². The van der Waals surface area contributed by atoms with Gasteiger partial charge in [-0.15, -0.1) is 13.2 Å². The van der Waals surface area contributed by atoms with Crippen LogP contribution in [-0.4, -0.2) is 86.6 Å². The zero-order valence-corrected chi connectivity index (χ0v) is 25.1. The smallest absolute Gasteiger partial charge is 0.248 e. The van der Waals surface area contributed by atoms with Crippen LogP contribution in [0.3, 0.4) is 0 Å². The molecule has 3 saturated heterocycles. The van der Waals surface area contributed by atoms with Crippen molar-refractivity contribution in [3.8, 4) is 0 Å². The lowest BCUT2D eigenvalue weighted by Crippen LogP contribution is -2.60. The van der Waals surface area contributed by atoms with Crippen molar-refractivity contribution in [2.45, 2.75) is 95.7 Å². The fourth-order valence-corrected chi connectivity index (χ4v) is 7.57. The SMILES string of the molecule is C=CCN(Cc1ccccc1)C(=O)[C@@H]1[C@H]2C(=O)N([C@@H](CC)CO)C(C(=O)N(CC=C)C(C)CCC)C23CC[C@@]1(C)O3. The average molecular weight is 566 g/mol. The summed E-state index contributed by atoms with van der Waals surface area (Å²) in [6, 6.07) is 8.22. The van der Waals surface area contributed by atoms with E-state index in [0.29, 0.717) is 38.9 Å². The minimum Gasteiger partial charge on any atom is -0.394 e. The van der Waals surface area contributed by atoms with Gasteiger partial charge in [0.1, 0.15) is 11.6 Å². The Balaban J connectivity index is 1.78. The van der Waals surface area contributed by atoms with E-state index >= 15 is 0 Å². The Morgan fingerprint density at radius 1 is 1.15 bits per heavy atom. The molecule has 3 amide bonds.